The first-order valence-electron chi connectivity index (χ1n) is 6.40. The zero-order valence-electron chi connectivity index (χ0n) is 11.6. The molecule has 1 unspecified atom stereocenters. The first-order valence-corrected chi connectivity index (χ1v) is 6.40. The van der Waals surface area contributed by atoms with E-state index in [1.807, 2.05) is 0 Å². The molecule has 6 nitrogen and oxygen atoms in total. The van der Waals surface area contributed by atoms with Crippen LogP contribution in [0.15, 0.2) is 18.2 Å². The number of esters is 1. The lowest BCUT2D eigenvalue weighted by molar-refractivity contribution is -0.145. The molecule has 0 aliphatic carbocycles. The Kier molecular flexibility index (Phi) is 4.12. The van der Waals surface area contributed by atoms with E-state index in [0.717, 1.165) is 6.42 Å². The number of nitrogen functional groups attached to an aromatic ring is 1. The molecule has 0 bridgehead atoms. The SMILES string of the molecule is COC(=O)C1CCCN1C(=O)c1cc(OC)ccc1N. The third-order valence-electron chi connectivity index (χ3n) is 3.48. The minimum atomic E-state index is -0.530. The Labute approximate surface area is 117 Å². The predicted octanol–water partition coefficient (Wildman–Crippen LogP) is 1.05. The van der Waals surface area contributed by atoms with Crippen molar-refractivity contribution in [2.45, 2.75) is 18.9 Å². The molecule has 0 aromatic heterocycles. The molecule has 1 atom stereocenters. The molecular weight excluding hydrogens is 260 g/mol. The number of nitrogens with zero attached hydrogens (tertiary/aromatic N) is 1. The largest absolute Gasteiger partial charge is 0.497 e. The van der Waals surface area contributed by atoms with E-state index in [1.165, 1.54) is 19.1 Å². The molecular formula is C14H18N2O4. The summed E-state index contributed by atoms with van der Waals surface area (Å²) in [6.45, 7) is 0.523. The molecule has 1 aliphatic heterocycles. The first kappa shape index (κ1) is 14.2. The molecule has 6 heteroatoms. The molecule has 1 heterocycles. The summed E-state index contributed by atoms with van der Waals surface area (Å²) in [4.78, 5) is 25.8. The van der Waals surface area contributed by atoms with Crippen molar-refractivity contribution in [3.63, 3.8) is 0 Å². The van der Waals surface area contributed by atoms with E-state index in [9.17, 15) is 9.59 Å². The molecule has 1 aromatic carbocycles. The van der Waals surface area contributed by atoms with Crippen LogP contribution in [0.25, 0.3) is 0 Å². The van der Waals surface area contributed by atoms with Gasteiger partial charge in [0.2, 0.25) is 0 Å². The number of likely N-dealkylation sites (tertiary alicyclic amines) is 1. The summed E-state index contributed by atoms with van der Waals surface area (Å²) < 4.78 is 9.84. The molecule has 1 amide bonds. The van der Waals surface area contributed by atoms with Gasteiger partial charge in [0.05, 0.1) is 19.8 Å². The number of hydrogen-bond acceptors (Lipinski definition) is 5. The van der Waals surface area contributed by atoms with Crippen LogP contribution in [-0.4, -0.2) is 43.6 Å². The first-order chi connectivity index (χ1) is 9.58. The van der Waals surface area contributed by atoms with Crippen molar-refractivity contribution in [2.24, 2.45) is 0 Å². The predicted molar refractivity (Wildman–Crippen MR) is 73.5 cm³/mol. The lowest BCUT2D eigenvalue weighted by atomic mass is 10.1. The molecule has 2 N–H and O–H groups in total. The number of methoxy groups -OCH3 is 2. The number of rotatable bonds is 3. The lowest BCUT2D eigenvalue weighted by Gasteiger charge is -2.23. The third-order valence-corrected chi connectivity index (χ3v) is 3.48. The summed E-state index contributed by atoms with van der Waals surface area (Å²) in [5, 5.41) is 0. The fourth-order valence-electron chi connectivity index (χ4n) is 2.39. The van der Waals surface area contributed by atoms with Gasteiger partial charge in [0.15, 0.2) is 0 Å². The van der Waals surface area contributed by atoms with Crippen LogP contribution in [0, 0.1) is 0 Å². The van der Waals surface area contributed by atoms with Crippen LogP contribution in [0.3, 0.4) is 0 Å². The Balaban J connectivity index is 2.28. The van der Waals surface area contributed by atoms with Crippen LogP contribution in [0.2, 0.25) is 0 Å². The van der Waals surface area contributed by atoms with Gasteiger partial charge in [0, 0.05) is 12.2 Å². The molecule has 1 fully saturated rings. The fraction of sp³-hybridized carbons (Fsp3) is 0.429. The molecule has 2 rings (SSSR count). The number of carbonyl (C=O) groups is 2. The summed E-state index contributed by atoms with van der Waals surface area (Å²) in [6, 6.07) is 4.37. The van der Waals surface area contributed by atoms with Crippen LogP contribution in [0.4, 0.5) is 5.69 Å². The van der Waals surface area contributed by atoms with Crippen molar-refractivity contribution >= 4 is 17.6 Å². The van der Waals surface area contributed by atoms with E-state index in [-0.39, 0.29) is 5.91 Å². The zero-order chi connectivity index (χ0) is 14.7. The molecule has 108 valence electrons. The van der Waals surface area contributed by atoms with E-state index in [2.05, 4.69) is 0 Å². The van der Waals surface area contributed by atoms with E-state index in [1.54, 1.807) is 18.2 Å². The van der Waals surface area contributed by atoms with Gasteiger partial charge in [-0.15, -0.1) is 0 Å². The smallest absolute Gasteiger partial charge is 0.328 e. The summed E-state index contributed by atoms with van der Waals surface area (Å²) in [6.07, 6.45) is 1.39. The van der Waals surface area contributed by atoms with Crippen LogP contribution in [0.1, 0.15) is 23.2 Å². The van der Waals surface area contributed by atoms with Crippen molar-refractivity contribution < 1.29 is 19.1 Å². The second-order valence-electron chi connectivity index (χ2n) is 4.63. The van der Waals surface area contributed by atoms with E-state index >= 15 is 0 Å². The minimum absolute atomic E-state index is 0.269. The number of anilines is 1. The van der Waals surface area contributed by atoms with E-state index in [4.69, 9.17) is 15.2 Å². The normalized spacial score (nSPS) is 17.9. The molecule has 20 heavy (non-hydrogen) atoms. The van der Waals surface area contributed by atoms with Crippen LogP contribution >= 0.6 is 0 Å². The standard InChI is InChI=1S/C14H18N2O4/c1-19-9-5-6-11(15)10(8-9)13(17)16-7-3-4-12(16)14(18)20-2/h5-6,8,12H,3-4,7,15H2,1-2H3. The molecule has 1 saturated heterocycles. The van der Waals surface area contributed by atoms with Crippen molar-refractivity contribution in [3.05, 3.63) is 23.8 Å². The van der Waals surface area contributed by atoms with Crippen molar-refractivity contribution in [1.29, 1.82) is 0 Å². The average Bonchev–Trinajstić information content (AvgIpc) is 2.95. The number of carbonyl (C=O) groups excluding carboxylic acids is 2. The molecule has 1 aromatic rings. The molecule has 0 saturated carbocycles. The van der Waals surface area contributed by atoms with Gasteiger partial charge >= 0.3 is 5.97 Å². The Morgan fingerprint density at radius 3 is 2.75 bits per heavy atom. The lowest BCUT2D eigenvalue weighted by Crippen LogP contribution is -2.41. The highest BCUT2D eigenvalue weighted by Gasteiger charge is 2.35. The molecule has 0 radical (unpaired) electrons. The van der Waals surface area contributed by atoms with Gasteiger partial charge in [0.25, 0.3) is 5.91 Å². The van der Waals surface area contributed by atoms with Crippen LogP contribution < -0.4 is 10.5 Å². The minimum Gasteiger partial charge on any atom is -0.497 e. The fourth-order valence-corrected chi connectivity index (χ4v) is 2.39. The summed E-state index contributed by atoms with van der Waals surface area (Å²) in [5.74, 6) is -0.108. The molecule has 1 aliphatic rings. The molecule has 0 spiro atoms. The van der Waals surface area contributed by atoms with Crippen molar-refractivity contribution in [1.82, 2.24) is 4.90 Å². The highest BCUT2D eigenvalue weighted by atomic mass is 16.5. The maximum Gasteiger partial charge on any atom is 0.328 e. The number of nitrogens with two attached hydrogens (primary N) is 1. The maximum atomic E-state index is 12.5. The van der Waals surface area contributed by atoms with Gasteiger partial charge in [-0.1, -0.05) is 0 Å². The Hall–Kier alpha value is -2.24. The van der Waals surface area contributed by atoms with Gasteiger partial charge in [0.1, 0.15) is 11.8 Å². The van der Waals surface area contributed by atoms with Crippen LogP contribution in [0.5, 0.6) is 5.75 Å². The summed E-state index contributed by atoms with van der Waals surface area (Å²) >= 11 is 0. The monoisotopic (exact) mass is 278 g/mol. The van der Waals surface area contributed by atoms with E-state index in [0.29, 0.717) is 30.0 Å². The number of ether oxygens (including phenoxy) is 2. The highest BCUT2D eigenvalue weighted by molar-refractivity contribution is 6.01. The van der Waals surface area contributed by atoms with Crippen molar-refractivity contribution in [3.8, 4) is 5.75 Å². The zero-order valence-corrected chi connectivity index (χ0v) is 11.6. The average molecular weight is 278 g/mol. The van der Waals surface area contributed by atoms with Gasteiger partial charge in [-0.05, 0) is 31.0 Å². The number of benzene rings is 1. The van der Waals surface area contributed by atoms with Crippen molar-refractivity contribution in [2.75, 3.05) is 26.5 Å². The Morgan fingerprint density at radius 1 is 1.35 bits per heavy atom. The summed E-state index contributed by atoms with van der Waals surface area (Å²) in [7, 11) is 2.84. The summed E-state index contributed by atoms with van der Waals surface area (Å²) in [5.41, 5.74) is 6.56. The highest BCUT2D eigenvalue weighted by Crippen LogP contribution is 2.26. The van der Waals surface area contributed by atoms with Gasteiger partial charge in [-0.3, -0.25) is 4.79 Å². The quantitative estimate of drug-likeness (QED) is 0.660. The number of hydrogen-bond donors (Lipinski definition) is 1. The van der Waals surface area contributed by atoms with Gasteiger partial charge in [-0.25, -0.2) is 4.79 Å². The second kappa shape index (κ2) is 5.81. The Bertz CT molecular complexity index is 530. The topological polar surface area (TPSA) is 81.9 Å². The third kappa shape index (κ3) is 2.54. The number of amides is 1. The van der Waals surface area contributed by atoms with Gasteiger partial charge in [-0.2, -0.15) is 0 Å². The second-order valence-corrected chi connectivity index (χ2v) is 4.63. The van der Waals surface area contributed by atoms with Crippen LogP contribution in [-0.2, 0) is 9.53 Å². The van der Waals surface area contributed by atoms with Gasteiger partial charge < -0.3 is 20.1 Å². The Morgan fingerprint density at radius 2 is 2.10 bits per heavy atom. The van der Waals surface area contributed by atoms with E-state index < -0.39 is 12.0 Å². The maximum absolute atomic E-state index is 12.5.